The summed E-state index contributed by atoms with van der Waals surface area (Å²) < 4.78 is 0. The summed E-state index contributed by atoms with van der Waals surface area (Å²) in [5.74, 6) is 0.399. The number of piperidine rings is 3. The van der Waals surface area contributed by atoms with Gasteiger partial charge in [-0.05, 0) is 240 Å². The molecule has 3 aliphatic heterocycles. The van der Waals surface area contributed by atoms with E-state index in [0.717, 1.165) is 57.2 Å². The van der Waals surface area contributed by atoms with Crippen LogP contribution in [0.1, 0.15) is 305 Å². The SMILES string of the molecule is C1CCNCC1.CC1(CC2(c3ccccc3)CCCC2)CCCCC1.CC1(CC2(c3ccccc3)CCCC2)CCCCC1.CI.O=C(Cl)C1(c2ccccc2)CCCC1.O=C(N1CCCCC1)C1(c2ccccc2)CCCC1.c1ccc(C2(CN3CCCCC3)CCCC2)cc1. The Kier molecular flexibility index (Phi) is 31.5. The number of nitrogens with zero attached hydrogens (tertiary/aromatic N) is 2. The fraction of sp³-hybridized carbons (Fsp3) is 0.644. The van der Waals surface area contributed by atoms with E-state index in [-0.39, 0.29) is 16.1 Å². The van der Waals surface area contributed by atoms with Crippen molar-refractivity contribution in [2.45, 2.75) is 304 Å². The molecule has 1 amide bonds. The van der Waals surface area contributed by atoms with Gasteiger partial charge in [-0.25, -0.2) is 0 Å². The van der Waals surface area contributed by atoms with Gasteiger partial charge in [0.2, 0.25) is 11.1 Å². The topological polar surface area (TPSA) is 52.7 Å². The smallest absolute Gasteiger partial charge is 0.233 e. The maximum Gasteiger partial charge on any atom is 0.233 e. The minimum atomic E-state index is -0.386. The lowest BCUT2D eigenvalue weighted by molar-refractivity contribution is -0.138. The second-order valence-corrected chi connectivity index (χ2v) is 33.1. The van der Waals surface area contributed by atoms with Gasteiger partial charge in [0.05, 0.1) is 10.8 Å². The van der Waals surface area contributed by atoms with Crippen molar-refractivity contribution < 1.29 is 9.59 Å². The second kappa shape index (κ2) is 39.6. The number of benzene rings is 5. The van der Waals surface area contributed by atoms with Crippen LogP contribution in [0.15, 0.2) is 152 Å². The second-order valence-electron chi connectivity index (χ2n) is 32.7. The van der Waals surface area contributed by atoms with Gasteiger partial charge >= 0.3 is 0 Å². The van der Waals surface area contributed by atoms with E-state index in [1.165, 1.54) is 263 Å². The van der Waals surface area contributed by atoms with Crippen LogP contribution in [0.4, 0.5) is 0 Å². The number of hydrogen-bond acceptors (Lipinski definition) is 4. The van der Waals surface area contributed by atoms with Gasteiger partial charge in [-0.3, -0.25) is 9.59 Å². The third kappa shape index (κ3) is 21.6. The monoisotopic (exact) mass is 1450 g/mol. The average Bonchev–Trinajstić information content (AvgIpc) is 1.77. The van der Waals surface area contributed by atoms with Crippen LogP contribution < -0.4 is 5.32 Å². The molecular weight excluding hydrogens is 1320 g/mol. The van der Waals surface area contributed by atoms with Crippen molar-refractivity contribution in [3.8, 4) is 0 Å². The minimum absolute atomic E-state index is 0.193. The van der Waals surface area contributed by atoms with Gasteiger partial charge in [0.1, 0.15) is 0 Å². The van der Waals surface area contributed by atoms with Crippen LogP contribution in [0, 0.1) is 10.8 Å². The molecule has 0 radical (unpaired) electrons. The van der Waals surface area contributed by atoms with Crippen LogP contribution in [-0.2, 0) is 36.7 Å². The molecule has 5 aromatic carbocycles. The van der Waals surface area contributed by atoms with Crippen molar-refractivity contribution in [3.63, 3.8) is 0 Å². The predicted molar refractivity (Wildman–Crippen MR) is 423 cm³/mol. The van der Waals surface area contributed by atoms with Crippen LogP contribution >= 0.6 is 34.2 Å². The van der Waals surface area contributed by atoms with E-state index in [0.29, 0.717) is 33.0 Å². The molecule has 97 heavy (non-hydrogen) atoms. The Hall–Kier alpha value is -3.82. The Morgan fingerprint density at radius 2 is 0.619 bits per heavy atom. The van der Waals surface area contributed by atoms with Gasteiger partial charge in [0.15, 0.2) is 0 Å². The van der Waals surface area contributed by atoms with E-state index >= 15 is 0 Å². The zero-order valence-corrected chi connectivity index (χ0v) is 64.3. The van der Waals surface area contributed by atoms with Gasteiger partial charge in [-0.15, -0.1) is 0 Å². The minimum Gasteiger partial charge on any atom is -0.342 e. The molecule has 7 saturated carbocycles. The molecule has 0 aromatic heterocycles. The van der Waals surface area contributed by atoms with E-state index < -0.39 is 0 Å². The number of nitrogens with one attached hydrogen (secondary N) is 1. The zero-order chi connectivity index (χ0) is 68.0. The highest BCUT2D eigenvalue weighted by Crippen LogP contribution is 2.55. The normalized spacial score (nSPS) is 23.2. The molecule has 0 bridgehead atoms. The lowest BCUT2D eigenvalue weighted by Gasteiger charge is -2.42. The van der Waals surface area contributed by atoms with E-state index in [1.54, 1.807) is 16.7 Å². The molecule has 1 N–H and O–H groups in total. The Labute approximate surface area is 610 Å². The summed E-state index contributed by atoms with van der Waals surface area (Å²) in [6.07, 6.45) is 55.1. The number of amides is 1. The first kappa shape index (κ1) is 77.3. The lowest BCUT2D eigenvalue weighted by atomic mass is 9.62. The molecule has 10 aliphatic rings. The first-order valence-electron chi connectivity index (χ1n) is 40.0. The van der Waals surface area contributed by atoms with E-state index in [9.17, 15) is 9.59 Å². The van der Waals surface area contributed by atoms with Crippen molar-refractivity contribution >= 4 is 45.3 Å². The summed E-state index contributed by atoms with van der Waals surface area (Å²) in [7, 11) is 0. The first-order valence-corrected chi connectivity index (χ1v) is 42.5. The number of carbonyl (C=O) groups excluding carboxylic acids is 2. The molecule has 7 heteroatoms. The summed E-state index contributed by atoms with van der Waals surface area (Å²) >= 11 is 7.89. The van der Waals surface area contributed by atoms with Gasteiger partial charge in [0, 0.05) is 25.0 Å². The third-order valence-electron chi connectivity index (χ3n) is 25.7. The molecule has 3 saturated heterocycles. The molecule has 0 atom stereocenters. The predicted octanol–water partition coefficient (Wildman–Crippen LogP) is 24.3. The quantitative estimate of drug-likeness (QED) is 0.0725. The Morgan fingerprint density at radius 1 is 0.340 bits per heavy atom. The van der Waals surface area contributed by atoms with Crippen LogP contribution in [0.2, 0.25) is 0 Å². The zero-order valence-electron chi connectivity index (χ0n) is 61.3. The molecule has 0 unspecified atom stereocenters. The highest BCUT2D eigenvalue weighted by molar-refractivity contribution is 14.1. The van der Waals surface area contributed by atoms with Crippen LogP contribution in [0.25, 0.3) is 0 Å². The molecular formula is C90H131ClIN3O2. The van der Waals surface area contributed by atoms with Gasteiger partial charge in [0.25, 0.3) is 0 Å². The third-order valence-corrected chi connectivity index (χ3v) is 26.0. The van der Waals surface area contributed by atoms with Gasteiger partial charge < -0.3 is 15.1 Å². The summed E-state index contributed by atoms with van der Waals surface area (Å²) in [4.78, 5) is 31.4. The molecule has 7 aliphatic carbocycles. The maximum atomic E-state index is 13.0. The van der Waals surface area contributed by atoms with Crippen molar-refractivity contribution in [3.05, 3.63) is 179 Å². The van der Waals surface area contributed by atoms with Gasteiger partial charge in [-0.1, -0.05) is 304 Å². The average molecular weight is 1450 g/mol. The summed E-state index contributed by atoms with van der Waals surface area (Å²) in [6, 6.07) is 54.5. The molecule has 15 rings (SSSR count). The van der Waals surface area contributed by atoms with Crippen LogP contribution in [0.5, 0.6) is 0 Å². The number of hydrogen-bond donors (Lipinski definition) is 1. The van der Waals surface area contributed by atoms with Crippen molar-refractivity contribution in [1.29, 1.82) is 0 Å². The maximum absolute atomic E-state index is 13.0. The Bertz CT molecular complexity index is 2840. The fourth-order valence-corrected chi connectivity index (χ4v) is 20.7. The number of alkyl halides is 1. The molecule has 0 spiro atoms. The van der Waals surface area contributed by atoms with Gasteiger partial charge in [-0.2, -0.15) is 0 Å². The number of rotatable bonds is 13. The van der Waals surface area contributed by atoms with Crippen molar-refractivity contribution in [1.82, 2.24) is 15.1 Å². The Morgan fingerprint density at radius 3 is 0.959 bits per heavy atom. The summed E-state index contributed by atoms with van der Waals surface area (Å²) in [6.45, 7) is 13.5. The van der Waals surface area contributed by atoms with Crippen molar-refractivity contribution in [2.24, 2.45) is 10.8 Å². The van der Waals surface area contributed by atoms with Crippen LogP contribution in [-0.4, -0.2) is 71.7 Å². The summed E-state index contributed by atoms with van der Waals surface area (Å²) in [5, 5.41) is 3.09. The molecule has 3 heterocycles. The number of carbonyl (C=O) groups is 2. The first-order chi connectivity index (χ1) is 47.4. The highest BCUT2D eigenvalue weighted by atomic mass is 127. The van der Waals surface area contributed by atoms with E-state index in [2.05, 4.69) is 167 Å². The van der Waals surface area contributed by atoms with Crippen LogP contribution in [0.3, 0.4) is 0 Å². The van der Waals surface area contributed by atoms with Crippen molar-refractivity contribution in [2.75, 3.05) is 50.7 Å². The number of halogens is 2. The molecule has 5 aromatic rings. The largest absolute Gasteiger partial charge is 0.342 e. The fourth-order valence-electron chi connectivity index (χ4n) is 20.4. The molecule has 532 valence electrons. The molecule has 5 nitrogen and oxygen atoms in total. The number of likely N-dealkylation sites (tertiary alicyclic amines) is 2. The Balaban J connectivity index is 0.000000138. The lowest BCUT2D eigenvalue weighted by Crippen LogP contribution is -2.47. The summed E-state index contributed by atoms with van der Waals surface area (Å²) in [5.41, 5.74) is 9.27. The molecule has 10 fully saturated rings. The highest BCUT2D eigenvalue weighted by Gasteiger charge is 2.47. The van der Waals surface area contributed by atoms with E-state index in [1.807, 2.05) is 41.3 Å². The standard InChI is InChI=1S/2C19H28.C17H23NO.C17H25N.C12H13ClO.C5H11N.CH3I/c2*1-18(12-6-3-7-13-18)16-19(14-8-9-15-19)17-10-4-2-5-11-17;19-16(18-13-7-2-8-14-18)17(11-5-6-12-17)15-9-3-1-4-10-15;1-3-9-16(10-4-1)17(11-5-6-12-17)15-18-13-7-2-8-14-18;13-11(14)12(8-4-5-9-12)10-6-2-1-3-7-10;1-2-4-6-5-3-1;1-2/h2*2,4-5,10-11H,3,6-9,12-16H2,1H3;1,3-4,9-10H,2,5-8,11-14H2;1,3-4,9-10H,2,5-8,11-15H2;1-3,6-7H,4-5,8-9H2;6H,1-5H2;1H3. The van der Waals surface area contributed by atoms with E-state index in [4.69, 9.17) is 11.6 Å².